The SMILES string of the molecule is CC(C)c1ccc(CC(=O)N2CCC2(C)C(=O)NS(=O)(=O)c2ccc(C#N)cc2)cc1. The molecular weight excluding hydrogens is 414 g/mol. The summed E-state index contributed by atoms with van der Waals surface area (Å²) in [5.41, 5.74) is 1.11. The van der Waals surface area contributed by atoms with Crippen molar-refractivity contribution in [2.75, 3.05) is 6.54 Å². The Bertz CT molecular complexity index is 1130. The fourth-order valence-corrected chi connectivity index (χ4v) is 4.56. The van der Waals surface area contributed by atoms with Gasteiger partial charge in [0.25, 0.3) is 15.9 Å². The van der Waals surface area contributed by atoms with E-state index >= 15 is 0 Å². The monoisotopic (exact) mass is 439 g/mol. The van der Waals surface area contributed by atoms with E-state index in [2.05, 4.69) is 18.6 Å². The number of carbonyl (C=O) groups is 2. The third kappa shape index (κ3) is 4.62. The maximum Gasteiger partial charge on any atom is 0.264 e. The van der Waals surface area contributed by atoms with Crippen molar-refractivity contribution in [3.05, 3.63) is 65.2 Å². The van der Waals surface area contributed by atoms with E-state index in [0.717, 1.165) is 5.56 Å². The van der Waals surface area contributed by atoms with Crippen molar-refractivity contribution in [2.45, 2.75) is 50.0 Å². The molecule has 8 heteroatoms. The van der Waals surface area contributed by atoms with Crippen LogP contribution in [-0.2, 0) is 26.0 Å². The average Bonchev–Trinajstić information content (AvgIpc) is 2.72. The van der Waals surface area contributed by atoms with E-state index in [1.54, 1.807) is 6.92 Å². The molecule has 2 amide bonds. The number of likely N-dealkylation sites (tertiary alicyclic amines) is 1. The highest BCUT2D eigenvalue weighted by atomic mass is 32.2. The Labute approximate surface area is 182 Å². The molecule has 7 nitrogen and oxygen atoms in total. The normalized spacial score (nSPS) is 18.2. The van der Waals surface area contributed by atoms with Crippen molar-refractivity contribution in [2.24, 2.45) is 0 Å². The van der Waals surface area contributed by atoms with Crippen molar-refractivity contribution < 1.29 is 18.0 Å². The summed E-state index contributed by atoms with van der Waals surface area (Å²) in [6.07, 6.45) is 0.517. The summed E-state index contributed by atoms with van der Waals surface area (Å²) in [6, 6.07) is 14.9. The first-order valence-electron chi connectivity index (χ1n) is 10.0. The van der Waals surface area contributed by atoms with Crippen LogP contribution in [0.25, 0.3) is 0 Å². The molecule has 0 spiro atoms. The number of rotatable bonds is 6. The lowest BCUT2D eigenvalue weighted by Crippen LogP contribution is -2.68. The fraction of sp³-hybridized carbons (Fsp3) is 0.348. The number of nitrogens with zero attached hydrogens (tertiary/aromatic N) is 2. The molecule has 1 aliphatic heterocycles. The van der Waals surface area contributed by atoms with Gasteiger partial charge in [0.1, 0.15) is 5.54 Å². The number of sulfonamides is 1. The molecule has 162 valence electrons. The summed E-state index contributed by atoms with van der Waals surface area (Å²) in [7, 11) is -4.11. The van der Waals surface area contributed by atoms with E-state index in [0.29, 0.717) is 24.4 Å². The largest absolute Gasteiger partial charge is 0.328 e. The van der Waals surface area contributed by atoms with Crippen LogP contribution in [0.2, 0.25) is 0 Å². The zero-order chi connectivity index (χ0) is 22.8. The Morgan fingerprint density at radius 2 is 1.74 bits per heavy atom. The van der Waals surface area contributed by atoms with Crippen molar-refractivity contribution >= 4 is 21.8 Å². The molecule has 31 heavy (non-hydrogen) atoms. The molecule has 1 fully saturated rings. The summed E-state index contributed by atoms with van der Waals surface area (Å²) in [5.74, 6) is -0.575. The predicted molar refractivity (Wildman–Crippen MR) is 115 cm³/mol. The number of nitrogens with one attached hydrogen (secondary N) is 1. The highest BCUT2D eigenvalue weighted by molar-refractivity contribution is 7.90. The molecule has 1 aliphatic rings. The van der Waals surface area contributed by atoms with Crippen LogP contribution < -0.4 is 4.72 Å². The van der Waals surface area contributed by atoms with Gasteiger partial charge < -0.3 is 4.90 Å². The predicted octanol–water partition coefficient (Wildman–Crippen LogP) is 2.72. The Morgan fingerprint density at radius 3 is 2.23 bits per heavy atom. The van der Waals surface area contributed by atoms with Gasteiger partial charge in [-0.05, 0) is 54.7 Å². The van der Waals surface area contributed by atoms with Gasteiger partial charge in [0.05, 0.1) is 22.9 Å². The lowest BCUT2D eigenvalue weighted by Gasteiger charge is -2.49. The molecule has 0 aliphatic carbocycles. The first-order chi connectivity index (χ1) is 14.6. The molecule has 2 aromatic carbocycles. The van der Waals surface area contributed by atoms with Gasteiger partial charge in [0.2, 0.25) is 5.91 Å². The highest BCUT2D eigenvalue weighted by Crippen LogP contribution is 2.32. The van der Waals surface area contributed by atoms with Gasteiger partial charge >= 0.3 is 0 Å². The number of nitriles is 1. The van der Waals surface area contributed by atoms with Crippen LogP contribution >= 0.6 is 0 Å². The molecule has 1 N–H and O–H groups in total. The zero-order valence-electron chi connectivity index (χ0n) is 17.8. The Hall–Kier alpha value is -3.18. The van der Waals surface area contributed by atoms with Gasteiger partial charge in [-0.1, -0.05) is 38.1 Å². The minimum absolute atomic E-state index is 0.120. The maximum atomic E-state index is 12.8. The lowest BCUT2D eigenvalue weighted by molar-refractivity contribution is -0.156. The quantitative estimate of drug-likeness (QED) is 0.745. The summed E-state index contributed by atoms with van der Waals surface area (Å²) in [5, 5.41) is 8.84. The molecule has 0 radical (unpaired) electrons. The Balaban J connectivity index is 1.69. The van der Waals surface area contributed by atoms with Crippen LogP contribution in [0.1, 0.15) is 49.8 Å². The Kier molecular flexibility index (Phi) is 6.18. The van der Waals surface area contributed by atoms with Gasteiger partial charge in [0.15, 0.2) is 0 Å². The molecule has 1 atom stereocenters. The van der Waals surface area contributed by atoms with E-state index in [-0.39, 0.29) is 17.2 Å². The van der Waals surface area contributed by atoms with Crippen molar-refractivity contribution in [3.63, 3.8) is 0 Å². The summed E-state index contributed by atoms with van der Waals surface area (Å²) >= 11 is 0. The van der Waals surface area contributed by atoms with Crippen LogP contribution in [0.15, 0.2) is 53.4 Å². The molecule has 1 saturated heterocycles. The molecule has 1 heterocycles. The smallest absolute Gasteiger partial charge is 0.264 e. The van der Waals surface area contributed by atoms with Gasteiger partial charge in [0, 0.05) is 6.54 Å². The molecule has 0 aromatic heterocycles. The number of hydrogen-bond donors (Lipinski definition) is 1. The second kappa shape index (κ2) is 8.52. The fourth-order valence-electron chi connectivity index (χ4n) is 3.49. The topological polar surface area (TPSA) is 107 Å². The second-order valence-corrected chi connectivity index (χ2v) is 9.90. The minimum atomic E-state index is -4.11. The number of benzene rings is 2. The summed E-state index contributed by atoms with van der Waals surface area (Å²) < 4.78 is 27.2. The van der Waals surface area contributed by atoms with Gasteiger partial charge in [-0.3, -0.25) is 9.59 Å². The minimum Gasteiger partial charge on any atom is -0.328 e. The van der Waals surface area contributed by atoms with Crippen LogP contribution in [0.5, 0.6) is 0 Å². The standard InChI is InChI=1S/C23H25N3O4S/c1-16(2)19-8-4-17(5-9-19)14-21(27)26-13-12-23(26,3)22(28)25-31(29,30)20-10-6-18(15-24)7-11-20/h4-11,16H,12-14H2,1-3H3,(H,25,28). The van der Waals surface area contributed by atoms with Crippen LogP contribution in [0, 0.1) is 11.3 Å². The Morgan fingerprint density at radius 1 is 1.13 bits per heavy atom. The van der Waals surface area contributed by atoms with Crippen molar-refractivity contribution in [1.29, 1.82) is 5.26 Å². The number of amides is 2. The molecule has 3 rings (SSSR count). The van der Waals surface area contributed by atoms with Crippen LogP contribution in [-0.4, -0.2) is 37.2 Å². The van der Waals surface area contributed by atoms with E-state index in [1.165, 1.54) is 34.7 Å². The van der Waals surface area contributed by atoms with Gasteiger partial charge in [-0.25, -0.2) is 13.1 Å². The van der Waals surface area contributed by atoms with Crippen LogP contribution in [0.4, 0.5) is 0 Å². The highest BCUT2D eigenvalue weighted by Gasteiger charge is 2.50. The van der Waals surface area contributed by atoms with Crippen LogP contribution in [0.3, 0.4) is 0 Å². The number of hydrogen-bond acceptors (Lipinski definition) is 5. The molecule has 2 aromatic rings. The summed E-state index contributed by atoms with van der Waals surface area (Å²) in [6.45, 7) is 6.15. The average molecular weight is 440 g/mol. The molecule has 0 saturated carbocycles. The van der Waals surface area contributed by atoms with E-state index < -0.39 is 21.5 Å². The molecule has 0 bridgehead atoms. The first kappa shape index (κ1) is 22.5. The second-order valence-electron chi connectivity index (χ2n) is 8.21. The van der Waals surface area contributed by atoms with Gasteiger partial charge in [-0.15, -0.1) is 0 Å². The third-order valence-electron chi connectivity index (χ3n) is 5.73. The van der Waals surface area contributed by atoms with Crippen molar-refractivity contribution in [1.82, 2.24) is 9.62 Å². The van der Waals surface area contributed by atoms with E-state index in [9.17, 15) is 18.0 Å². The van der Waals surface area contributed by atoms with E-state index in [4.69, 9.17) is 5.26 Å². The van der Waals surface area contributed by atoms with Gasteiger partial charge in [-0.2, -0.15) is 5.26 Å². The third-order valence-corrected chi connectivity index (χ3v) is 7.08. The lowest BCUT2D eigenvalue weighted by atomic mass is 9.85. The first-order valence-corrected chi connectivity index (χ1v) is 11.5. The number of carbonyl (C=O) groups excluding carboxylic acids is 2. The zero-order valence-corrected chi connectivity index (χ0v) is 18.6. The van der Waals surface area contributed by atoms with Crippen molar-refractivity contribution in [3.8, 4) is 6.07 Å². The maximum absolute atomic E-state index is 12.8. The summed E-state index contributed by atoms with van der Waals surface area (Å²) in [4.78, 5) is 26.9. The van der Waals surface area contributed by atoms with E-state index in [1.807, 2.05) is 30.3 Å². The molecule has 1 unspecified atom stereocenters. The molecular formula is C23H25N3O4S.